The van der Waals surface area contributed by atoms with Gasteiger partial charge in [0.2, 0.25) is 5.91 Å². The SMILES string of the molecule is CCCC1(C(=O)NC(CCCOC)C(=O)O)CCCNC1. The van der Waals surface area contributed by atoms with Crippen LogP contribution in [0.3, 0.4) is 0 Å². The molecule has 21 heavy (non-hydrogen) atoms. The van der Waals surface area contributed by atoms with Crippen molar-refractivity contribution in [3.63, 3.8) is 0 Å². The molecule has 0 aromatic carbocycles. The molecule has 1 aliphatic heterocycles. The molecule has 0 bridgehead atoms. The van der Waals surface area contributed by atoms with E-state index in [4.69, 9.17) is 4.74 Å². The number of carboxylic acid groups (broad SMARTS) is 1. The van der Waals surface area contributed by atoms with E-state index in [0.29, 0.717) is 26.0 Å². The van der Waals surface area contributed by atoms with Crippen LogP contribution in [0.25, 0.3) is 0 Å². The first kappa shape index (κ1) is 17.9. The van der Waals surface area contributed by atoms with Crippen molar-refractivity contribution in [3.05, 3.63) is 0 Å². The molecule has 1 rings (SSSR count). The fourth-order valence-corrected chi connectivity index (χ4v) is 2.97. The van der Waals surface area contributed by atoms with Gasteiger partial charge in [0.25, 0.3) is 0 Å². The molecule has 0 aromatic heterocycles. The van der Waals surface area contributed by atoms with E-state index >= 15 is 0 Å². The summed E-state index contributed by atoms with van der Waals surface area (Å²) in [4.78, 5) is 23.9. The molecular weight excluding hydrogens is 272 g/mol. The second-order valence-electron chi connectivity index (χ2n) is 5.81. The number of methoxy groups -OCH3 is 1. The van der Waals surface area contributed by atoms with Crippen molar-refractivity contribution in [1.29, 1.82) is 0 Å². The molecule has 1 aliphatic rings. The van der Waals surface area contributed by atoms with Crippen molar-refractivity contribution < 1.29 is 19.4 Å². The summed E-state index contributed by atoms with van der Waals surface area (Å²) in [7, 11) is 1.58. The predicted molar refractivity (Wildman–Crippen MR) is 80.1 cm³/mol. The Morgan fingerprint density at radius 1 is 1.48 bits per heavy atom. The van der Waals surface area contributed by atoms with Crippen LogP contribution in [-0.4, -0.2) is 49.8 Å². The highest BCUT2D eigenvalue weighted by molar-refractivity contribution is 5.87. The summed E-state index contributed by atoms with van der Waals surface area (Å²) in [5, 5.41) is 15.3. The van der Waals surface area contributed by atoms with E-state index < -0.39 is 17.4 Å². The number of aliphatic carboxylic acids is 1. The van der Waals surface area contributed by atoms with Gasteiger partial charge in [-0.05, 0) is 38.6 Å². The molecule has 2 atom stereocenters. The molecule has 2 unspecified atom stereocenters. The van der Waals surface area contributed by atoms with Gasteiger partial charge in [0, 0.05) is 20.3 Å². The Bertz CT molecular complexity index is 335. The third-order valence-electron chi connectivity index (χ3n) is 4.13. The summed E-state index contributed by atoms with van der Waals surface area (Å²) in [5.41, 5.74) is -0.456. The average molecular weight is 300 g/mol. The van der Waals surface area contributed by atoms with Gasteiger partial charge >= 0.3 is 5.97 Å². The lowest BCUT2D eigenvalue weighted by atomic mass is 9.76. The van der Waals surface area contributed by atoms with E-state index in [0.717, 1.165) is 32.2 Å². The molecule has 0 saturated carbocycles. The van der Waals surface area contributed by atoms with Crippen molar-refractivity contribution in [2.75, 3.05) is 26.8 Å². The van der Waals surface area contributed by atoms with E-state index in [1.165, 1.54) is 0 Å². The molecule has 3 N–H and O–H groups in total. The Morgan fingerprint density at radius 3 is 2.76 bits per heavy atom. The molecule has 6 nitrogen and oxygen atoms in total. The number of rotatable bonds is 9. The Labute approximate surface area is 126 Å². The largest absolute Gasteiger partial charge is 0.480 e. The number of carbonyl (C=O) groups is 2. The highest BCUT2D eigenvalue weighted by atomic mass is 16.5. The summed E-state index contributed by atoms with van der Waals surface area (Å²) >= 11 is 0. The number of ether oxygens (including phenoxy) is 1. The summed E-state index contributed by atoms with van der Waals surface area (Å²) in [5.74, 6) is -1.10. The van der Waals surface area contributed by atoms with Gasteiger partial charge in [0.1, 0.15) is 6.04 Å². The zero-order chi connectivity index (χ0) is 15.7. The fraction of sp³-hybridized carbons (Fsp3) is 0.867. The highest BCUT2D eigenvalue weighted by Crippen LogP contribution is 2.32. The van der Waals surface area contributed by atoms with Crippen LogP contribution in [0.4, 0.5) is 0 Å². The highest BCUT2D eigenvalue weighted by Gasteiger charge is 2.40. The van der Waals surface area contributed by atoms with Gasteiger partial charge in [-0.25, -0.2) is 4.79 Å². The average Bonchev–Trinajstić information content (AvgIpc) is 2.47. The molecule has 122 valence electrons. The maximum absolute atomic E-state index is 12.6. The number of amides is 1. The second-order valence-corrected chi connectivity index (χ2v) is 5.81. The number of carbonyl (C=O) groups excluding carboxylic acids is 1. The van der Waals surface area contributed by atoms with Crippen LogP contribution in [0.2, 0.25) is 0 Å². The molecule has 1 saturated heterocycles. The van der Waals surface area contributed by atoms with Crippen LogP contribution in [0.15, 0.2) is 0 Å². The summed E-state index contributed by atoms with van der Waals surface area (Å²) < 4.78 is 4.94. The monoisotopic (exact) mass is 300 g/mol. The molecular formula is C15H28N2O4. The van der Waals surface area contributed by atoms with E-state index in [1.807, 2.05) is 0 Å². The normalized spacial score (nSPS) is 23.5. The maximum atomic E-state index is 12.6. The van der Waals surface area contributed by atoms with Crippen LogP contribution in [0, 0.1) is 5.41 Å². The van der Waals surface area contributed by atoms with Crippen LogP contribution in [-0.2, 0) is 14.3 Å². The maximum Gasteiger partial charge on any atom is 0.326 e. The van der Waals surface area contributed by atoms with Crippen molar-refractivity contribution in [3.8, 4) is 0 Å². The molecule has 0 spiro atoms. The molecule has 6 heteroatoms. The van der Waals surface area contributed by atoms with E-state index in [-0.39, 0.29) is 5.91 Å². The predicted octanol–water partition coefficient (Wildman–Crippen LogP) is 1.15. The van der Waals surface area contributed by atoms with Crippen LogP contribution < -0.4 is 10.6 Å². The van der Waals surface area contributed by atoms with Crippen molar-refractivity contribution >= 4 is 11.9 Å². The second kappa shape index (κ2) is 9.00. The summed E-state index contributed by atoms with van der Waals surface area (Å²) in [6.45, 7) is 4.12. The first-order chi connectivity index (χ1) is 10.1. The smallest absolute Gasteiger partial charge is 0.326 e. The van der Waals surface area contributed by atoms with Gasteiger partial charge in [0.15, 0.2) is 0 Å². The fourth-order valence-electron chi connectivity index (χ4n) is 2.97. The number of hydrogen-bond acceptors (Lipinski definition) is 4. The van der Waals surface area contributed by atoms with Crippen molar-refractivity contribution in [1.82, 2.24) is 10.6 Å². The van der Waals surface area contributed by atoms with Crippen LogP contribution in [0.1, 0.15) is 45.4 Å². The standard InChI is InChI=1S/C15H28N2O4/c1-3-7-15(8-5-9-16-11-15)14(20)17-12(13(18)19)6-4-10-21-2/h12,16H,3-11H2,1-2H3,(H,17,20)(H,18,19). The molecule has 0 aliphatic carbocycles. The minimum atomic E-state index is -0.977. The van der Waals surface area contributed by atoms with Gasteiger partial charge in [-0.2, -0.15) is 0 Å². The molecule has 1 fully saturated rings. The Morgan fingerprint density at radius 2 is 2.24 bits per heavy atom. The lowest BCUT2D eigenvalue weighted by Gasteiger charge is -2.37. The molecule has 1 heterocycles. The van der Waals surface area contributed by atoms with E-state index in [1.54, 1.807) is 7.11 Å². The lowest BCUT2D eigenvalue weighted by molar-refractivity contribution is -0.144. The third-order valence-corrected chi connectivity index (χ3v) is 4.13. The van der Waals surface area contributed by atoms with Crippen LogP contribution in [0.5, 0.6) is 0 Å². The first-order valence-electron chi connectivity index (χ1n) is 7.79. The van der Waals surface area contributed by atoms with Gasteiger partial charge < -0.3 is 20.5 Å². The number of nitrogens with one attached hydrogen (secondary N) is 2. The van der Waals surface area contributed by atoms with E-state index in [2.05, 4.69) is 17.6 Å². The molecule has 0 radical (unpaired) electrons. The minimum absolute atomic E-state index is 0.124. The number of hydrogen-bond donors (Lipinski definition) is 3. The van der Waals surface area contributed by atoms with Crippen molar-refractivity contribution in [2.45, 2.75) is 51.5 Å². The first-order valence-corrected chi connectivity index (χ1v) is 7.79. The van der Waals surface area contributed by atoms with Crippen molar-refractivity contribution in [2.24, 2.45) is 5.41 Å². The lowest BCUT2D eigenvalue weighted by Crippen LogP contribution is -2.54. The van der Waals surface area contributed by atoms with E-state index in [9.17, 15) is 14.7 Å². The summed E-state index contributed by atoms with van der Waals surface area (Å²) in [6, 6.07) is -0.830. The quantitative estimate of drug-likeness (QED) is 0.556. The zero-order valence-electron chi connectivity index (χ0n) is 13.1. The van der Waals surface area contributed by atoms with Gasteiger partial charge in [-0.3, -0.25) is 4.79 Å². The van der Waals surface area contributed by atoms with Gasteiger partial charge in [-0.15, -0.1) is 0 Å². The molecule has 0 aromatic rings. The Kier molecular flexibility index (Phi) is 7.67. The van der Waals surface area contributed by atoms with Crippen LogP contribution >= 0.6 is 0 Å². The molecule has 1 amide bonds. The Balaban J connectivity index is 2.66. The zero-order valence-corrected chi connectivity index (χ0v) is 13.1. The number of carboxylic acids is 1. The summed E-state index contributed by atoms with van der Waals surface area (Å²) in [6.07, 6.45) is 4.49. The number of piperidine rings is 1. The topological polar surface area (TPSA) is 87.7 Å². The minimum Gasteiger partial charge on any atom is -0.480 e. The third kappa shape index (κ3) is 5.28. The van der Waals surface area contributed by atoms with Gasteiger partial charge in [-0.1, -0.05) is 13.3 Å². The Hall–Kier alpha value is -1.14. The van der Waals surface area contributed by atoms with Gasteiger partial charge in [0.05, 0.1) is 5.41 Å².